The third-order valence-corrected chi connectivity index (χ3v) is 2.06. The molecule has 0 aliphatic carbocycles. The van der Waals surface area contributed by atoms with Crippen LogP contribution in [0, 0.1) is 0 Å². The van der Waals surface area contributed by atoms with Gasteiger partial charge < -0.3 is 10.6 Å². The molecule has 0 spiro atoms. The molecule has 4 heteroatoms. The highest BCUT2D eigenvalue weighted by molar-refractivity contribution is 9.10. The number of halogens is 1. The molecule has 0 saturated carbocycles. The van der Waals surface area contributed by atoms with Crippen molar-refractivity contribution in [1.29, 1.82) is 0 Å². The zero-order chi connectivity index (χ0) is 11.5. The van der Waals surface area contributed by atoms with E-state index in [1.54, 1.807) is 0 Å². The number of hydrogen-bond acceptors (Lipinski definition) is 1. The standard InChI is InChI=1S/C11H15BrN2O/c1-11(2,3)14-10(15)13-9-6-4-5-8(12)7-9/h4-7H,1-3H3,(H2,13,14,15). The average Bonchev–Trinajstić information content (AvgIpc) is 1.99. The minimum atomic E-state index is -0.226. The number of benzene rings is 1. The Morgan fingerprint density at radius 2 is 2.00 bits per heavy atom. The minimum Gasteiger partial charge on any atom is -0.333 e. The lowest BCUT2D eigenvalue weighted by Gasteiger charge is -2.20. The molecule has 1 rings (SSSR count). The van der Waals surface area contributed by atoms with Gasteiger partial charge in [0.15, 0.2) is 0 Å². The molecule has 0 aromatic heterocycles. The van der Waals surface area contributed by atoms with Crippen molar-refractivity contribution in [3.05, 3.63) is 28.7 Å². The van der Waals surface area contributed by atoms with E-state index in [4.69, 9.17) is 0 Å². The molecule has 3 nitrogen and oxygen atoms in total. The number of urea groups is 1. The molecule has 2 amide bonds. The third-order valence-electron chi connectivity index (χ3n) is 1.57. The Hall–Kier alpha value is -1.03. The summed E-state index contributed by atoms with van der Waals surface area (Å²) in [5.41, 5.74) is 0.543. The van der Waals surface area contributed by atoms with Gasteiger partial charge in [0.2, 0.25) is 0 Å². The molecule has 82 valence electrons. The van der Waals surface area contributed by atoms with Crippen LogP contribution in [0.25, 0.3) is 0 Å². The van der Waals surface area contributed by atoms with E-state index in [1.807, 2.05) is 45.0 Å². The van der Waals surface area contributed by atoms with Gasteiger partial charge in [-0.1, -0.05) is 22.0 Å². The van der Waals surface area contributed by atoms with Crippen molar-refractivity contribution >= 4 is 27.6 Å². The Labute approximate surface area is 98.4 Å². The van der Waals surface area contributed by atoms with Crippen molar-refractivity contribution < 1.29 is 4.79 Å². The lowest BCUT2D eigenvalue weighted by Crippen LogP contribution is -2.43. The summed E-state index contributed by atoms with van der Waals surface area (Å²) in [6.45, 7) is 5.81. The predicted molar refractivity (Wildman–Crippen MR) is 66.0 cm³/mol. The van der Waals surface area contributed by atoms with Crippen LogP contribution in [-0.4, -0.2) is 11.6 Å². The Balaban J connectivity index is 2.59. The zero-order valence-corrected chi connectivity index (χ0v) is 10.7. The summed E-state index contributed by atoms with van der Waals surface area (Å²) in [5, 5.41) is 5.58. The Morgan fingerprint density at radius 3 is 2.53 bits per heavy atom. The molecule has 0 unspecified atom stereocenters. The number of anilines is 1. The number of carbonyl (C=O) groups excluding carboxylic acids is 1. The quantitative estimate of drug-likeness (QED) is 0.807. The van der Waals surface area contributed by atoms with Crippen LogP contribution < -0.4 is 10.6 Å². The molecule has 1 aromatic rings. The molecule has 0 heterocycles. The van der Waals surface area contributed by atoms with Gasteiger partial charge in [-0.25, -0.2) is 4.79 Å². The van der Waals surface area contributed by atoms with Crippen LogP contribution in [0.5, 0.6) is 0 Å². The highest BCUT2D eigenvalue weighted by Crippen LogP contribution is 2.15. The van der Waals surface area contributed by atoms with Crippen molar-refractivity contribution in [3.8, 4) is 0 Å². The first-order valence-electron chi connectivity index (χ1n) is 4.71. The Bertz CT molecular complexity index is 358. The van der Waals surface area contributed by atoms with Gasteiger partial charge in [0.05, 0.1) is 0 Å². The SMILES string of the molecule is CC(C)(C)NC(=O)Nc1cccc(Br)c1. The fourth-order valence-electron chi connectivity index (χ4n) is 1.07. The van der Waals surface area contributed by atoms with Crippen LogP contribution in [0.2, 0.25) is 0 Å². The summed E-state index contributed by atoms with van der Waals surface area (Å²) in [5.74, 6) is 0. The minimum absolute atomic E-state index is 0.194. The first-order valence-corrected chi connectivity index (χ1v) is 5.51. The molecular formula is C11H15BrN2O. The van der Waals surface area contributed by atoms with Crippen molar-refractivity contribution in [2.45, 2.75) is 26.3 Å². The fraction of sp³-hybridized carbons (Fsp3) is 0.364. The summed E-state index contributed by atoms with van der Waals surface area (Å²) in [7, 11) is 0. The van der Waals surface area contributed by atoms with Gasteiger partial charge in [-0.2, -0.15) is 0 Å². The lowest BCUT2D eigenvalue weighted by molar-refractivity contribution is 0.244. The number of hydrogen-bond donors (Lipinski definition) is 2. The number of carbonyl (C=O) groups is 1. The van der Waals surface area contributed by atoms with E-state index in [0.717, 1.165) is 10.2 Å². The van der Waals surface area contributed by atoms with E-state index in [-0.39, 0.29) is 11.6 Å². The van der Waals surface area contributed by atoms with E-state index in [2.05, 4.69) is 26.6 Å². The topological polar surface area (TPSA) is 41.1 Å². The second-order valence-electron chi connectivity index (χ2n) is 4.34. The average molecular weight is 271 g/mol. The van der Waals surface area contributed by atoms with Crippen LogP contribution in [-0.2, 0) is 0 Å². The lowest BCUT2D eigenvalue weighted by atomic mass is 10.1. The smallest absolute Gasteiger partial charge is 0.319 e. The van der Waals surface area contributed by atoms with Gasteiger partial charge in [0.25, 0.3) is 0 Å². The normalized spacial score (nSPS) is 10.9. The molecule has 0 saturated heterocycles. The zero-order valence-electron chi connectivity index (χ0n) is 9.10. The van der Waals surface area contributed by atoms with Gasteiger partial charge in [-0.15, -0.1) is 0 Å². The van der Waals surface area contributed by atoms with Gasteiger partial charge >= 0.3 is 6.03 Å². The molecule has 1 aromatic carbocycles. The summed E-state index contributed by atoms with van der Waals surface area (Å²) in [6.07, 6.45) is 0. The number of amides is 2. The van der Waals surface area contributed by atoms with Crippen molar-refractivity contribution in [1.82, 2.24) is 5.32 Å². The van der Waals surface area contributed by atoms with E-state index in [1.165, 1.54) is 0 Å². The van der Waals surface area contributed by atoms with E-state index in [9.17, 15) is 4.79 Å². The highest BCUT2D eigenvalue weighted by atomic mass is 79.9. The molecule has 0 bridgehead atoms. The maximum Gasteiger partial charge on any atom is 0.319 e. The van der Waals surface area contributed by atoms with E-state index >= 15 is 0 Å². The van der Waals surface area contributed by atoms with Crippen LogP contribution in [0.4, 0.5) is 10.5 Å². The third kappa shape index (κ3) is 4.83. The molecule has 0 fully saturated rings. The van der Waals surface area contributed by atoms with E-state index in [0.29, 0.717) is 0 Å². The monoisotopic (exact) mass is 270 g/mol. The van der Waals surface area contributed by atoms with Crippen LogP contribution in [0.1, 0.15) is 20.8 Å². The van der Waals surface area contributed by atoms with E-state index < -0.39 is 0 Å². The van der Waals surface area contributed by atoms with Crippen molar-refractivity contribution in [3.63, 3.8) is 0 Å². The molecule has 15 heavy (non-hydrogen) atoms. The molecular weight excluding hydrogens is 256 g/mol. The number of nitrogens with one attached hydrogen (secondary N) is 2. The molecule has 0 atom stereocenters. The maximum atomic E-state index is 11.5. The maximum absolute atomic E-state index is 11.5. The highest BCUT2D eigenvalue weighted by Gasteiger charge is 2.13. The Kier molecular flexibility index (Phi) is 3.74. The van der Waals surface area contributed by atoms with Gasteiger partial charge in [0.1, 0.15) is 0 Å². The predicted octanol–water partition coefficient (Wildman–Crippen LogP) is 3.37. The van der Waals surface area contributed by atoms with Crippen molar-refractivity contribution in [2.24, 2.45) is 0 Å². The van der Waals surface area contributed by atoms with Gasteiger partial charge in [-0.05, 0) is 39.0 Å². The first kappa shape index (κ1) is 12.0. The molecule has 0 aliphatic heterocycles. The fourth-order valence-corrected chi connectivity index (χ4v) is 1.47. The summed E-state index contributed by atoms with van der Waals surface area (Å²) >= 11 is 3.34. The van der Waals surface area contributed by atoms with Crippen molar-refractivity contribution in [2.75, 3.05) is 5.32 Å². The first-order chi connectivity index (χ1) is 6.87. The number of rotatable bonds is 1. The summed E-state index contributed by atoms with van der Waals surface area (Å²) in [6, 6.07) is 7.28. The van der Waals surface area contributed by atoms with Gasteiger partial charge in [0, 0.05) is 15.7 Å². The largest absolute Gasteiger partial charge is 0.333 e. The van der Waals surface area contributed by atoms with Crippen LogP contribution in [0.3, 0.4) is 0 Å². The molecule has 0 radical (unpaired) electrons. The summed E-state index contributed by atoms with van der Waals surface area (Å²) < 4.78 is 0.941. The molecule has 2 N–H and O–H groups in total. The second-order valence-corrected chi connectivity index (χ2v) is 5.26. The Morgan fingerprint density at radius 1 is 1.33 bits per heavy atom. The molecule has 0 aliphatic rings. The summed E-state index contributed by atoms with van der Waals surface area (Å²) in [4.78, 5) is 11.5. The van der Waals surface area contributed by atoms with Crippen LogP contribution >= 0.6 is 15.9 Å². The second kappa shape index (κ2) is 4.66. The van der Waals surface area contributed by atoms with Gasteiger partial charge in [-0.3, -0.25) is 0 Å². The van der Waals surface area contributed by atoms with Crippen LogP contribution in [0.15, 0.2) is 28.7 Å².